The van der Waals surface area contributed by atoms with Crippen LogP contribution in [0.2, 0.25) is 0 Å². The summed E-state index contributed by atoms with van der Waals surface area (Å²) in [6.45, 7) is 0.435. The van der Waals surface area contributed by atoms with Gasteiger partial charge >= 0.3 is 0 Å². The molecule has 0 aromatic rings. The molecule has 0 unspecified atom stereocenters. The first-order valence-electron chi connectivity index (χ1n) is 3.65. The van der Waals surface area contributed by atoms with Gasteiger partial charge in [0.1, 0.15) is 0 Å². The van der Waals surface area contributed by atoms with E-state index in [9.17, 15) is 8.42 Å². The van der Waals surface area contributed by atoms with Gasteiger partial charge in [-0.3, -0.25) is 4.55 Å². The number of rotatable bonds is 5. The van der Waals surface area contributed by atoms with E-state index in [1.807, 2.05) is 0 Å². The Kier molecular flexibility index (Phi) is 2.86. The molecule has 0 aliphatic heterocycles. The van der Waals surface area contributed by atoms with Crippen LogP contribution in [0.4, 0.5) is 0 Å². The molecule has 0 radical (unpaired) electrons. The summed E-state index contributed by atoms with van der Waals surface area (Å²) in [5, 5.41) is 0. The van der Waals surface area contributed by atoms with E-state index in [2.05, 4.69) is 0 Å². The summed E-state index contributed by atoms with van der Waals surface area (Å²) in [5.74, 6) is -0.195. The fourth-order valence-corrected chi connectivity index (χ4v) is 1.21. The molecule has 0 amide bonds. The van der Waals surface area contributed by atoms with Crippen LogP contribution in [0.1, 0.15) is 19.3 Å². The highest BCUT2D eigenvalue weighted by atomic mass is 32.2. The molecule has 0 saturated heterocycles. The summed E-state index contributed by atoms with van der Waals surface area (Å²) in [6, 6.07) is 0. The van der Waals surface area contributed by atoms with Gasteiger partial charge in [0.05, 0.1) is 11.9 Å². The predicted molar refractivity (Wildman–Crippen MR) is 40.0 cm³/mol. The summed E-state index contributed by atoms with van der Waals surface area (Å²) in [4.78, 5) is 0. The molecule has 1 N–H and O–H groups in total. The fourth-order valence-electron chi connectivity index (χ4n) is 0.726. The molecule has 1 rings (SSSR count). The second kappa shape index (κ2) is 3.51. The first kappa shape index (κ1) is 8.96. The van der Waals surface area contributed by atoms with Gasteiger partial charge in [0.15, 0.2) is 0 Å². The molecule has 1 aliphatic carbocycles. The van der Waals surface area contributed by atoms with Gasteiger partial charge in [0.25, 0.3) is 10.1 Å². The predicted octanol–water partition coefficient (Wildman–Crippen LogP) is 0.443. The Morgan fingerprint density at radius 1 is 1.45 bits per heavy atom. The highest BCUT2D eigenvalue weighted by Crippen LogP contribution is 2.23. The molecule has 0 heterocycles. The van der Waals surface area contributed by atoms with Crippen molar-refractivity contribution >= 4 is 10.1 Å². The van der Waals surface area contributed by atoms with E-state index >= 15 is 0 Å². The Balaban J connectivity index is 1.95. The first-order valence-corrected chi connectivity index (χ1v) is 5.25. The topological polar surface area (TPSA) is 63.6 Å². The van der Waals surface area contributed by atoms with E-state index < -0.39 is 10.1 Å². The van der Waals surface area contributed by atoms with Crippen LogP contribution >= 0.6 is 0 Å². The minimum atomic E-state index is -3.78. The lowest BCUT2D eigenvalue weighted by Crippen LogP contribution is -2.07. The maximum absolute atomic E-state index is 10.2. The largest absolute Gasteiger partial charge is 0.378 e. The minimum absolute atomic E-state index is 0.195. The van der Waals surface area contributed by atoms with Crippen LogP contribution in [0, 0.1) is 0 Å². The second-order valence-corrected chi connectivity index (χ2v) is 4.28. The maximum atomic E-state index is 10.2. The van der Waals surface area contributed by atoms with Crippen molar-refractivity contribution in [2.45, 2.75) is 25.4 Å². The lowest BCUT2D eigenvalue weighted by molar-refractivity contribution is 0.120. The Morgan fingerprint density at radius 2 is 2.09 bits per heavy atom. The van der Waals surface area contributed by atoms with Crippen LogP contribution in [0.15, 0.2) is 0 Å². The average molecular weight is 180 g/mol. The quantitative estimate of drug-likeness (QED) is 0.492. The number of hydrogen-bond acceptors (Lipinski definition) is 3. The molecular weight excluding hydrogens is 168 g/mol. The van der Waals surface area contributed by atoms with Crippen LogP contribution in [-0.4, -0.2) is 31.4 Å². The smallest absolute Gasteiger partial charge is 0.264 e. The number of hydrogen-bond donors (Lipinski definition) is 1. The Morgan fingerprint density at radius 3 is 2.55 bits per heavy atom. The molecule has 4 nitrogen and oxygen atoms in total. The van der Waals surface area contributed by atoms with Crippen molar-refractivity contribution < 1.29 is 17.7 Å². The molecule has 66 valence electrons. The first-order chi connectivity index (χ1) is 5.08. The van der Waals surface area contributed by atoms with Crippen molar-refractivity contribution in [3.63, 3.8) is 0 Å². The molecule has 1 saturated carbocycles. The molecule has 1 aliphatic rings. The maximum Gasteiger partial charge on any atom is 0.264 e. The number of ether oxygens (including phenoxy) is 1. The summed E-state index contributed by atoms with van der Waals surface area (Å²) in [6.07, 6.45) is 2.92. The van der Waals surface area contributed by atoms with E-state index in [-0.39, 0.29) is 5.75 Å². The van der Waals surface area contributed by atoms with E-state index in [1.165, 1.54) is 0 Å². The second-order valence-electron chi connectivity index (χ2n) is 2.71. The molecular formula is C6H12O4S. The molecule has 0 atom stereocenters. The molecule has 0 aromatic heterocycles. The Hall–Kier alpha value is -0.130. The van der Waals surface area contributed by atoms with Crippen LogP contribution in [0.25, 0.3) is 0 Å². The van der Waals surface area contributed by atoms with E-state index in [1.54, 1.807) is 0 Å². The SMILES string of the molecule is O=S(=O)(O)CCCOC1CC1. The minimum Gasteiger partial charge on any atom is -0.378 e. The van der Waals surface area contributed by atoms with Gasteiger partial charge in [-0.2, -0.15) is 8.42 Å². The van der Waals surface area contributed by atoms with Gasteiger partial charge in [0, 0.05) is 6.61 Å². The summed E-state index contributed by atoms with van der Waals surface area (Å²) < 4.78 is 33.9. The highest BCUT2D eigenvalue weighted by Gasteiger charge is 2.21. The lowest BCUT2D eigenvalue weighted by Gasteiger charge is -1.99. The third-order valence-electron chi connectivity index (χ3n) is 1.42. The normalized spacial score (nSPS) is 18.6. The Labute approximate surface area is 66.3 Å². The van der Waals surface area contributed by atoms with Crippen molar-refractivity contribution in [1.29, 1.82) is 0 Å². The molecule has 1 fully saturated rings. The van der Waals surface area contributed by atoms with Gasteiger partial charge in [0.2, 0.25) is 0 Å². The summed E-state index contributed by atoms with van der Waals surface area (Å²) in [5.41, 5.74) is 0. The monoisotopic (exact) mass is 180 g/mol. The molecule has 0 aromatic carbocycles. The van der Waals surface area contributed by atoms with Gasteiger partial charge < -0.3 is 4.74 Å². The van der Waals surface area contributed by atoms with Crippen LogP contribution in [-0.2, 0) is 14.9 Å². The van der Waals surface area contributed by atoms with Gasteiger partial charge in [-0.05, 0) is 19.3 Å². The third kappa shape index (κ3) is 5.17. The van der Waals surface area contributed by atoms with Crippen molar-refractivity contribution in [3.05, 3.63) is 0 Å². The van der Waals surface area contributed by atoms with E-state index in [4.69, 9.17) is 9.29 Å². The van der Waals surface area contributed by atoms with E-state index in [0.717, 1.165) is 12.8 Å². The lowest BCUT2D eigenvalue weighted by atomic mass is 10.5. The zero-order valence-corrected chi connectivity index (χ0v) is 7.01. The summed E-state index contributed by atoms with van der Waals surface area (Å²) >= 11 is 0. The standard InChI is InChI=1S/C6H12O4S/c7-11(8,9)5-1-4-10-6-2-3-6/h6H,1-5H2,(H,7,8,9). The molecule has 0 bridgehead atoms. The zero-order valence-electron chi connectivity index (χ0n) is 6.19. The van der Waals surface area contributed by atoms with Gasteiger partial charge in [-0.25, -0.2) is 0 Å². The molecule has 11 heavy (non-hydrogen) atoms. The van der Waals surface area contributed by atoms with E-state index in [0.29, 0.717) is 19.1 Å². The average Bonchev–Trinajstić information content (AvgIpc) is 2.60. The van der Waals surface area contributed by atoms with Crippen LogP contribution < -0.4 is 0 Å². The Bertz CT molecular complexity index is 205. The third-order valence-corrected chi connectivity index (χ3v) is 2.23. The van der Waals surface area contributed by atoms with Gasteiger partial charge in [-0.1, -0.05) is 0 Å². The van der Waals surface area contributed by atoms with Crippen LogP contribution in [0.5, 0.6) is 0 Å². The summed E-state index contributed by atoms with van der Waals surface area (Å²) in [7, 11) is -3.78. The van der Waals surface area contributed by atoms with Crippen molar-refractivity contribution in [2.24, 2.45) is 0 Å². The van der Waals surface area contributed by atoms with Crippen molar-refractivity contribution in [1.82, 2.24) is 0 Å². The zero-order chi connectivity index (χ0) is 8.32. The van der Waals surface area contributed by atoms with Crippen molar-refractivity contribution in [2.75, 3.05) is 12.4 Å². The highest BCUT2D eigenvalue weighted by molar-refractivity contribution is 7.85. The van der Waals surface area contributed by atoms with Crippen LogP contribution in [0.3, 0.4) is 0 Å². The fraction of sp³-hybridized carbons (Fsp3) is 1.00. The van der Waals surface area contributed by atoms with Crippen molar-refractivity contribution in [3.8, 4) is 0 Å². The molecule has 0 spiro atoms. The molecule has 5 heteroatoms. The van der Waals surface area contributed by atoms with Gasteiger partial charge in [-0.15, -0.1) is 0 Å².